The zero-order chi connectivity index (χ0) is 16.7. The number of nitrogens with zero attached hydrogens (tertiary/aromatic N) is 1. The van der Waals surface area contributed by atoms with Gasteiger partial charge in [0.05, 0.1) is 0 Å². The smallest absolute Gasteiger partial charge is 0.254 e. The topological polar surface area (TPSA) is 92.5 Å². The van der Waals surface area contributed by atoms with Crippen LogP contribution in [0.25, 0.3) is 0 Å². The van der Waals surface area contributed by atoms with Crippen molar-refractivity contribution in [2.75, 3.05) is 5.73 Å². The van der Waals surface area contributed by atoms with Crippen LogP contribution in [-0.2, 0) is 16.1 Å². The fraction of sp³-hybridized carbons (Fsp3) is 0.438. The molecule has 22 heavy (non-hydrogen) atoms. The molecule has 1 heterocycles. The van der Waals surface area contributed by atoms with Gasteiger partial charge in [-0.2, -0.15) is 0 Å². The van der Waals surface area contributed by atoms with Crippen molar-refractivity contribution in [2.24, 2.45) is 0 Å². The SMILES string of the molecule is CC.CC(CCC(=O)NC=O)N1Cc2c(N)cccc2C1=O. The van der Waals surface area contributed by atoms with E-state index in [4.69, 9.17) is 5.73 Å². The maximum atomic E-state index is 12.3. The number of rotatable bonds is 5. The van der Waals surface area contributed by atoms with E-state index in [2.05, 4.69) is 5.32 Å². The number of fused-ring (bicyclic) bond motifs is 1. The number of anilines is 1. The highest BCUT2D eigenvalue weighted by atomic mass is 16.2. The fourth-order valence-corrected chi connectivity index (χ4v) is 2.37. The van der Waals surface area contributed by atoms with E-state index in [1.807, 2.05) is 20.8 Å². The van der Waals surface area contributed by atoms with Crippen LogP contribution in [0.5, 0.6) is 0 Å². The summed E-state index contributed by atoms with van der Waals surface area (Å²) in [6.45, 7) is 6.35. The number of imide groups is 1. The molecule has 0 saturated heterocycles. The molecular formula is C16H23N3O3. The van der Waals surface area contributed by atoms with Gasteiger partial charge in [0, 0.05) is 35.8 Å². The minimum absolute atomic E-state index is 0.0596. The predicted octanol–water partition coefficient (Wildman–Crippen LogP) is 1.69. The molecule has 1 aromatic carbocycles. The Morgan fingerprint density at radius 1 is 1.45 bits per heavy atom. The van der Waals surface area contributed by atoms with Crippen molar-refractivity contribution >= 4 is 23.9 Å². The molecular weight excluding hydrogens is 282 g/mol. The van der Waals surface area contributed by atoms with Gasteiger partial charge in [0.15, 0.2) is 0 Å². The molecule has 3 N–H and O–H groups in total. The van der Waals surface area contributed by atoms with Gasteiger partial charge in [-0.1, -0.05) is 19.9 Å². The molecule has 1 atom stereocenters. The second-order valence-corrected chi connectivity index (χ2v) is 4.88. The lowest BCUT2D eigenvalue weighted by Crippen LogP contribution is -2.34. The average Bonchev–Trinajstić information content (AvgIpc) is 2.86. The number of benzene rings is 1. The van der Waals surface area contributed by atoms with Crippen LogP contribution >= 0.6 is 0 Å². The van der Waals surface area contributed by atoms with Crippen LogP contribution in [0.3, 0.4) is 0 Å². The monoisotopic (exact) mass is 305 g/mol. The van der Waals surface area contributed by atoms with Gasteiger partial charge in [-0.05, 0) is 25.5 Å². The molecule has 0 fully saturated rings. The molecule has 2 rings (SSSR count). The van der Waals surface area contributed by atoms with E-state index in [1.165, 1.54) is 0 Å². The molecule has 1 unspecified atom stereocenters. The number of amides is 3. The van der Waals surface area contributed by atoms with Crippen LogP contribution in [0.2, 0.25) is 0 Å². The zero-order valence-corrected chi connectivity index (χ0v) is 13.3. The van der Waals surface area contributed by atoms with Gasteiger partial charge in [-0.15, -0.1) is 0 Å². The Hall–Kier alpha value is -2.37. The lowest BCUT2D eigenvalue weighted by atomic mass is 10.1. The van der Waals surface area contributed by atoms with Crippen molar-refractivity contribution in [2.45, 2.75) is 46.2 Å². The number of carbonyl (C=O) groups is 3. The van der Waals surface area contributed by atoms with E-state index in [1.54, 1.807) is 23.1 Å². The summed E-state index contributed by atoms with van der Waals surface area (Å²) in [5, 5.41) is 2.09. The van der Waals surface area contributed by atoms with Gasteiger partial charge in [0.1, 0.15) is 0 Å². The number of carbonyl (C=O) groups excluding carboxylic acids is 3. The van der Waals surface area contributed by atoms with E-state index in [0.717, 1.165) is 5.56 Å². The normalized spacial score (nSPS) is 13.8. The molecule has 0 saturated carbocycles. The van der Waals surface area contributed by atoms with Gasteiger partial charge >= 0.3 is 0 Å². The maximum Gasteiger partial charge on any atom is 0.254 e. The number of hydrogen-bond acceptors (Lipinski definition) is 4. The third-order valence-corrected chi connectivity index (χ3v) is 3.57. The fourth-order valence-electron chi connectivity index (χ4n) is 2.37. The lowest BCUT2D eigenvalue weighted by Gasteiger charge is -2.24. The Kier molecular flexibility index (Phi) is 6.56. The Morgan fingerprint density at radius 2 is 2.14 bits per heavy atom. The standard InChI is InChI=1S/C14H17N3O3.C2H6/c1-9(5-6-13(19)16-8-18)17-7-11-10(14(17)20)3-2-4-12(11)15;1-2/h2-4,8-9H,5-7,15H2,1H3,(H,16,18,19);1-2H3. The van der Waals surface area contributed by atoms with E-state index in [-0.39, 0.29) is 24.3 Å². The number of nitrogen functional groups attached to an aromatic ring is 1. The quantitative estimate of drug-likeness (QED) is 0.639. The van der Waals surface area contributed by atoms with Crippen molar-refractivity contribution in [3.63, 3.8) is 0 Å². The highest BCUT2D eigenvalue weighted by Crippen LogP contribution is 2.29. The summed E-state index contributed by atoms with van der Waals surface area (Å²) in [6.07, 6.45) is 1.07. The van der Waals surface area contributed by atoms with E-state index < -0.39 is 0 Å². The molecule has 1 aliphatic heterocycles. The lowest BCUT2D eigenvalue weighted by molar-refractivity contribution is -0.125. The minimum atomic E-state index is -0.337. The second kappa shape index (κ2) is 8.17. The third kappa shape index (κ3) is 3.84. The summed E-state index contributed by atoms with van der Waals surface area (Å²) in [5.74, 6) is -0.397. The Bertz CT molecular complexity index is 558. The molecule has 0 spiro atoms. The van der Waals surface area contributed by atoms with Crippen molar-refractivity contribution in [3.05, 3.63) is 29.3 Å². The second-order valence-electron chi connectivity index (χ2n) is 4.88. The molecule has 3 amide bonds. The van der Waals surface area contributed by atoms with Gasteiger partial charge < -0.3 is 10.6 Å². The highest BCUT2D eigenvalue weighted by molar-refractivity contribution is 6.00. The zero-order valence-electron chi connectivity index (χ0n) is 13.3. The summed E-state index contributed by atoms with van der Waals surface area (Å²) < 4.78 is 0. The summed E-state index contributed by atoms with van der Waals surface area (Å²) in [7, 11) is 0. The van der Waals surface area contributed by atoms with Crippen molar-refractivity contribution in [1.29, 1.82) is 0 Å². The first-order chi connectivity index (χ1) is 10.5. The van der Waals surface area contributed by atoms with Crippen LogP contribution in [-0.4, -0.2) is 29.2 Å². The summed E-state index contributed by atoms with van der Waals surface area (Å²) >= 11 is 0. The molecule has 0 radical (unpaired) electrons. The number of hydrogen-bond donors (Lipinski definition) is 2. The van der Waals surface area contributed by atoms with Gasteiger partial charge in [-0.3, -0.25) is 19.7 Å². The molecule has 6 heteroatoms. The van der Waals surface area contributed by atoms with E-state index in [0.29, 0.717) is 30.6 Å². The first-order valence-electron chi connectivity index (χ1n) is 7.46. The summed E-state index contributed by atoms with van der Waals surface area (Å²) in [4.78, 5) is 35.4. The van der Waals surface area contributed by atoms with Gasteiger partial charge in [0.2, 0.25) is 12.3 Å². The highest BCUT2D eigenvalue weighted by Gasteiger charge is 2.31. The number of nitrogens with one attached hydrogen (secondary N) is 1. The predicted molar refractivity (Wildman–Crippen MR) is 85.0 cm³/mol. The van der Waals surface area contributed by atoms with Gasteiger partial charge in [0.25, 0.3) is 5.91 Å². The molecule has 6 nitrogen and oxygen atoms in total. The first-order valence-corrected chi connectivity index (χ1v) is 7.46. The molecule has 120 valence electrons. The Labute approximate surface area is 130 Å². The van der Waals surface area contributed by atoms with Crippen molar-refractivity contribution in [3.8, 4) is 0 Å². The largest absolute Gasteiger partial charge is 0.398 e. The summed E-state index contributed by atoms with van der Waals surface area (Å²) in [5.41, 5.74) is 7.97. The van der Waals surface area contributed by atoms with Crippen molar-refractivity contribution in [1.82, 2.24) is 10.2 Å². The van der Waals surface area contributed by atoms with Gasteiger partial charge in [-0.25, -0.2) is 0 Å². The average molecular weight is 305 g/mol. The minimum Gasteiger partial charge on any atom is -0.398 e. The Morgan fingerprint density at radius 3 is 2.73 bits per heavy atom. The third-order valence-electron chi connectivity index (χ3n) is 3.57. The molecule has 0 bridgehead atoms. The molecule has 1 aliphatic rings. The van der Waals surface area contributed by atoms with Crippen LogP contribution in [0.1, 0.15) is 49.5 Å². The molecule has 0 aliphatic carbocycles. The van der Waals surface area contributed by atoms with Crippen LogP contribution in [0.4, 0.5) is 5.69 Å². The first kappa shape index (κ1) is 17.7. The van der Waals surface area contributed by atoms with E-state index >= 15 is 0 Å². The van der Waals surface area contributed by atoms with Crippen molar-refractivity contribution < 1.29 is 14.4 Å². The van der Waals surface area contributed by atoms with Crippen LogP contribution in [0.15, 0.2) is 18.2 Å². The number of nitrogens with two attached hydrogens (primary N) is 1. The Balaban J connectivity index is 0.00000116. The molecule has 1 aromatic rings. The summed E-state index contributed by atoms with van der Waals surface area (Å²) in [6, 6.07) is 5.21. The van der Waals surface area contributed by atoms with Crippen LogP contribution in [0, 0.1) is 0 Å². The maximum absolute atomic E-state index is 12.3. The van der Waals surface area contributed by atoms with Crippen LogP contribution < -0.4 is 11.1 Å². The molecule has 0 aromatic heterocycles. The van der Waals surface area contributed by atoms with E-state index in [9.17, 15) is 14.4 Å².